The van der Waals surface area contributed by atoms with Crippen LogP contribution in [-0.2, 0) is 0 Å². The van der Waals surface area contributed by atoms with E-state index >= 15 is 0 Å². The molecule has 0 bridgehead atoms. The van der Waals surface area contributed by atoms with Gasteiger partial charge in [0.25, 0.3) is 0 Å². The lowest BCUT2D eigenvalue weighted by molar-refractivity contribution is 0.216. The van der Waals surface area contributed by atoms with Gasteiger partial charge in [0.15, 0.2) is 0 Å². The molecule has 4 heterocycles. The summed E-state index contributed by atoms with van der Waals surface area (Å²) < 4.78 is 10.7. The van der Waals surface area contributed by atoms with E-state index in [1.165, 1.54) is 12.4 Å². The number of aryl methyl sites for hydroxylation is 2. The maximum Gasteiger partial charge on any atom is 0.140 e. The van der Waals surface area contributed by atoms with E-state index in [-0.39, 0.29) is 0 Å². The molecule has 9 heteroatoms. The summed E-state index contributed by atoms with van der Waals surface area (Å²) >= 11 is 11.8. The van der Waals surface area contributed by atoms with Crippen LogP contribution in [0.5, 0.6) is 0 Å². The van der Waals surface area contributed by atoms with E-state index in [2.05, 4.69) is 20.3 Å². The molecule has 28 heavy (non-hydrogen) atoms. The van der Waals surface area contributed by atoms with Crippen molar-refractivity contribution in [2.75, 3.05) is 0 Å². The van der Waals surface area contributed by atoms with E-state index in [0.29, 0.717) is 55.5 Å². The smallest absolute Gasteiger partial charge is 0.140 e. The maximum absolute atomic E-state index is 11.2. The highest BCUT2D eigenvalue weighted by Crippen LogP contribution is 2.38. The lowest BCUT2D eigenvalue weighted by Gasteiger charge is -2.12. The molecule has 7 nitrogen and oxygen atoms in total. The van der Waals surface area contributed by atoms with Crippen LogP contribution in [-0.4, -0.2) is 25.4 Å². The monoisotopic (exact) mass is 416 g/mol. The third-order valence-electron chi connectivity index (χ3n) is 4.30. The average molecular weight is 417 g/mol. The van der Waals surface area contributed by atoms with Gasteiger partial charge in [-0.05, 0) is 38.1 Å². The highest BCUT2D eigenvalue weighted by molar-refractivity contribution is 6.30. The summed E-state index contributed by atoms with van der Waals surface area (Å²) in [5.74, 6) is 0.907. The first kappa shape index (κ1) is 18.6. The number of aliphatic hydroxyl groups excluding tert-OH is 1. The van der Waals surface area contributed by atoms with Gasteiger partial charge in [0.2, 0.25) is 0 Å². The Bertz CT molecular complexity index is 1030. The average Bonchev–Trinajstić information content (AvgIpc) is 3.25. The van der Waals surface area contributed by atoms with Gasteiger partial charge in [-0.2, -0.15) is 0 Å². The van der Waals surface area contributed by atoms with Crippen molar-refractivity contribution in [3.8, 4) is 22.8 Å². The second-order valence-electron chi connectivity index (χ2n) is 6.13. The van der Waals surface area contributed by atoms with E-state index in [0.717, 1.165) is 0 Å². The molecule has 0 aliphatic carbocycles. The highest BCUT2D eigenvalue weighted by atomic mass is 35.5. The molecular weight excluding hydrogens is 403 g/mol. The summed E-state index contributed by atoms with van der Waals surface area (Å²) in [7, 11) is 0. The van der Waals surface area contributed by atoms with Crippen molar-refractivity contribution in [3.05, 3.63) is 69.4 Å². The van der Waals surface area contributed by atoms with Crippen molar-refractivity contribution in [2.24, 2.45) is 0 Å². The van der Waals surface area contributed by atoms with Gasteiger partial charge in [0.05, 0.1) is 32.6 Å². The number of pyridine rings is 2. The SMILES string of the molecule is Cc1onc(-c2ccc(Cl)cn2)c1C(O)c1c(-c2ccc(Cl)cn2)noc1C. The van der Waals surface area contributed by atoms with E-state index in [4.69, 9.17) is 32.2 Å². The first-order chi connectivity index (χ1) is 13.5. The Hall–Kier alpha value is -2.74. The van der Waals surface area contributed by atoms with Crippen LogP contribution in [0.3, 0.4) is 0 Å². The Balaban J connectivity index is 1.83. The van der Waals surface area contributed by atoms with Crippen LogP contribution in [0.2, 0.25) is 10.0 Å². The molecule has 4 rings (SSSR count). The molecule has 0 aliphatic rings. The summed E-state index contributed by atoms with van der Waals surface area (Å²) in [5, 5.41) is 20.3. The van der Waals surface area contributed by atoms with Crippen molar-refractivity contribution in [2.45, 2.75) is 20.0 Å². The molecule has 0 aliphatic heterocycles. The molecule has 4 aromatic rings. The molecule has 4 aromatic heterocycles. The molecule has 0 atom stereocenters. The summed E-state index contributed by atoms with van der Waals surface area (Å²) in [5.41, 5.74) is 2.81. The zero-order valence-electron chi connectivity index (χ0n) is 14.8. The van der Waals surface area contributed by atoms with Crippen molar-refractivity contribution >= 4 is 23.2 Å². The summed E-state index contributed by atoms with van der Waals surface area (Å²) in [6.45, 7) is 3.43. The van der Waals surface area contributed by atoms with Gasteiger partial charge < -0.3 is 14.2 Å². The molecule has 1 N–H and O–H groups in total. The maximum atomic E-state index is 11.2. The summed E-state index contributed by atoms with van der Waals surface area (Å²) in [6.07, 6.45) is 1.90. The van der Waals surface area contributed by atoms with Crippen LogP contribution >= 0.6 is 23.2 Å². The zero-order chi connectivity index (χ0) is 19.8. The predicted molar refractivity (Wildman–Crippen MR) is 103 cm³/mol. The minimum absolute atomic E-state index is 0.414. The predicted octanol–water partition coefficient (Wildman–Crippen LogP) is 4.79. The van der Waals surface area contributed by atoms with Gasteiger partial charge >= 0.3 is 0 Å². The van der Waals surface area contributed by atoms with Gasteiger partial charge in [-0.25, -0.2) is 0 Å². The molecule has 0 radical (unpaired) electrons. The number of aliphatic hydroxyl groups is 1. The number of hydrogen-bond donors (Lipinski definition) is 1. The van der Waals surface area contributed by atoms with E-state index in [1.54, 1.807) is 38.1 Å². The fourth-order valence-corrected chi connectivity index (χ4v) is 3.17. The van der Waals surface area contributed by atoms with Crippen molar-refractivity contribution in [3.63, 3.8) is 0 Å². The first-order valence-electron chi connectivity index (χ1n) is 8.30. The largest absolute Gasteiger partial charge is 0.383 e. The second kappa shape index (κ2) is 7.35. The van der Waals surface area contributed by atoms with Crippen LogP contribution < -0.4 is 0 Å². The third kappa shape index (κ3) is 3.28. The Morgan fingerprint density at radius 1 is 0.786 bits per heavy atom. The molecule has 0 spiro atoms. The van der Waals surface area contributed by atoms with E-state index in [9.17, 15) is 5.11 Å². The normalized spacial score (nSPS) is 11.4. The van der Waals surface area contributed by atoms with Crippen LogP contribution in [0.1, 0.15) is 28.8 Å². The zero-order valence-corrected chi connectivity index (χ0v) is 16.4. The lowest BCUT2D eigenvalue weighted by Crippen LogP contribution is -2.05. The minimum Gasteiger partial charge on any atom is -0.383 e. The molecular formula is C19H14Cl2N4O3. The summed E-state index contributed by atoms with van der Waals surface area (Å²) in [6, 6.07) is 6.80. The van der Waals surface area contributed by atoms with Crippen molar-refractivity contribution in [1.82, 2.24) is 20.3 Å². The molecule has 0 saturated heterocycles. The summed E-state index contributed by atoms with van der Waals surface area (Å²) in [4.78, 5) is 8.53. The van der Waals surface area contributed by atoms with Gasteiger partial charge in [-0.15, -0.1) is 0 Å². The Morgan fingerprint density at radius 2 is 1.21 bits per heavy atom. The molecule has 0 aromatic carbocycles. The molecule has 0 fully saturated rings. The Kier molecular flexibility index (Phi) is 4.89. The first-order valence-corrected chi connectivity index (χ1v) is 9.05. The number of rotatable bonds is 4. The highest BCUT2D eigenvalue weighted by Gasteiger charge is 2.30. The minimum atomic E-state index is -1.11. The number of halogens is 2. The van der Waals surface area contributed by atoms with Gasteiger partial charge in [0.1, 0.15) is 29.0 Å². The topological polar surface area (TPSA) is 98.1 Å². The number of nitrogens with zero attached hydrogens (tertiary/aromatic N) is 4. The molecule has 0 amide bonds. The second-order valence-corrected chi connectivity index (χ2v) is 7.00. The Morgan fingerprint density at radius 3 is 1.57 bits per heavy atom. The van der Waals surface area contributed by atoms with Gasteiger partial charge in [-0.3, -0.25) is 9.97 Å². The van der Waals surface area contributed by atoms with Crippen molar-refractivity contribution in [1.29, 1.82) is 0 Å². The van der Waals surface area contributed by atoms with E-state index < -0.39 is 6.10 Å². The quantitative estimate of drug-likeness (QED) is 0.510. The fraction of sp³-hybridized carbons (Fsp3) is 0.158. The number of aromatic nitrogens is 4. The molecule has 0 unspecified atom stereocenters. The molecule has 142 valence electrons. The lowest BCUT2D eigenvalue weighted by atomic mass is 9.96. The van der Waals surface area contributed by atoms with Crippen LogP contribution in [0, 0.1) is 13.8 Å². The van der Waals surface area contributed by atoms with Crippen LogP contribution in [0.25, 0.3) is 22.8 Å². The van der Waals surface area contributed by atoms with Crippen LogP contribution in [0.4, 0.5) is 0 Å². The fourth-order valence-electron chi connectivity index (χ4n) is 2.95. The number of hydrogen-bond acceptors (Lipinski definition) is 7. The third-order valence-corrected chi connectivity index (χ3v) is 4.75. The Labute approximate surface area is 169 Å². The standard InChI is InChI=1S/C19H14Cl2N4O3/c1-9-15(17(24-27-9)13-5-3-11(20)7-22-13)19(26)16-10(2)28-25-18(16)14-6-4-12(21)8-23-14/h3-8,19,26H,1-2H3. The van der Waals surface area contributed by atoms with Crippen LogP contribution in [0.15, 0.2) is 45.7 Å². The van der Waals surface area contributed by atoms with Crippen molar-refractivity contribution < 1.29 is 14.2 Å². The van der Waals surface area contributed by atoms with Gasteiger partial charge in [0, 0.05) is 12.4 Å². The van der Waals surface area contributed by atoms with E-state index in [1.807, 2.05) is 0 Å². The van der Waals surface area contributed by atoms with Gasteiger partial charge in [-0.1, -0.05) is 33.5 Å². The molecule has 0 saturated carbocycles.